The van der Waals surface area contributed by atoms with E-state index < -0.39 is 5.97 Å². The van der Waals surface area contributed by atoms with Gasteiger partial charge in [-0.2, -0.15) is 5.10 Å². The number of rotatable bonds is 10. The molecule has 27 heavy (non-hydrogen) atoms. The Morgan fingerprint density at radius 3 is 2.81 bits per heavy atom. The number of hydrogen-bond acceptors (Lipinski definition) is 3. The number of carboxylic acid groups (broad SMARTS) is 1. The quantitative estimate of drug-likeness (QED) is 0.555. The van der Waals surface area contributed by atoms with Crippen LogP contribution in [0.1, 0.15) is 31.4 Å². The van der Waals surface area contributed by atoms with Crippen LogP contribution in [-0.2, 0) is 11.2 Å². The minimum Gasteiger partial charge on any atom is -0.481 e. The van der Waals surface area contributed by atoms with Crippen molar-refractivity contribution in [1.29, 1.82) is 0 Å². The Hall–Kier alpha value is -2.90. The van der Waals surface area contributed by atoms with Crippen molar-refractivity contribution in [3.8, 4) is 11.3 Å². The van der Waals surface area contributed by atoms with E-state index in [1.54, 1.807) is 18.0 Å². The number of hydrogen-bond donors (Lipinski definition) is 3. The number of amides is 2. The first-order valence-corrected chi connectivity index (χ1v) is 8.96. The number of H-pyrrole nitrogens is 1. The van der Waals surface area contributed by atoms with Crippen LogP contribution in [0.25, 0.3) is 11.3 Å². The van der Waals surface area contributed by atoms with E-state index in [1.165, 1.54) is 12.1 Å². The number of aromatic amines is 1. The van der Waals surface area contributed by atoms with Crippen LogP contribution < -0.4 is 5.32 Å². The van der Waals surface area contributed by atoms with Crippen LogP contribution in [0.2, 0.25) is 0 Å². The molecule has 0 spiro atoms. The first kappa shape index (κ1) is 20.4. The molecule has 1 aromatic carbocycles. The molecule has 0 aliphatic rings. The van der Waals surface area contributed by atoms with E-state index in [0.29, 0.717) is 6.54 Å². The van der Waals surface area contributed by atoms with Crippen molar-refractivity contribution in [3.63, 3.8) is 0 Å². The summed E-state index contributed by atoms with van der Waals surface area (Å²) >= 11 is 0. The molecule has 1 aromatic heterocycles. The number of aromatic nitrogens is 2. The van der Waals surface area contributed by atoms with Gasteiger partial charge in [0.1, 0.15) is 5.82 Å². The molecular formula is C19H25FN4O3. The van der Waals surface area contributed by atoms with E-state index in [4.69, 9.17) is 5.11 Å². The summed E-state index contributed by atoms with van der Waals surface area (Å²) in [5.74, 6) is -1.22. The van der Waals surface area contributed by atoms with Crippen LogP contribution in [0.3, 0.4) is 0 Å². The maximum atomic E-state index is 13.3. The van der Waals surface area contributed by atoms with Gasteiger partial charge in [0.2, 0.25) is 0 Å². The number of halogens is 1. The van der Waals surface area contributed by atoms with Gasteiger partial charge in [0.15, 0.2) is 0 Å². The van der Waals surface area contributed by atoms with Crippen LogP contribution in [0.4, 0.5) is 9.18 Å². The molecule has 7 nitrogen and oxygen atoms in total. The summed E-state index contributed by atoms with van der Waals surface area (Å²) in [4.78, 5) is 23.7. The molecular weight excluding hydrogens is 351 g/mol. The number of nitrogens with one attached hydrogen (secondary N) is 2. The molecule has 1 heterocycles. The SMILES string of the molecule is CN(CCCCCc1cc(-c2cccc(F)c2)n[nH]1)C(=O)NCCC(=O)O. The smallest absolute Gasteiger partial charge is 0.317 e. The topological polar surface area (TPSA) is 98.3 Å². The van der Waals surface area contributed by atoms with Crippen LogP contribution in [0, 0.1) is 5.82 Å². The summed E-state index contributed by atoms with van der Waals surface area (Å²) in [6.07, 6.45) is 3.49. The van der Waals surface area contributed by atoms with Crippen molar-refractivity contribution in [1.82, 2.24) is 20.4 Å². The van der Waals surface area contributed by atoms with Gasteiger partial charge in [-0.3, -0.25) is 9.89 Å². The molecule has 2 amide bonds. The van der Waals surface area contributed by atoms with E-state index in [-0.39, 0.29) is 24.8 Å². The van der Waals surface area contributed by atoms with E-state index >= 15 is 0 Å². The van der Waals surface area contributed by atoms with Gasteiger partial charge in [-0.15, -0.1) is 0 Å². The maximum Gasteiger partial charge on any atom is 0.317 e. The Morgan fingerprint density at radius 2 is 2.07 bits per heavy atom. The van der Waals surface area contributed by atoms with Gasteiger partial charge in [-0.25, -0.2) is 9.18 Å². The molecule has 0 radical (unpaired) electrons. The van der Waals surface area contributed by atoms with Crippen molar-refractivity contribution in [2.45, 2.75) is 32.1 Å². The summed E-state index contributed by atoms with van der Waals surface area (Å²) in [5.41, 5.74) is 2.46. The predicted octanol–water partition coefficient (Wildman–Crippen LogP) is 3.04. The highest BCUT2D eigenvalue weighted by molar-refractivity contribution is 5.74. The van der Waals surface area contributed by atoms with Gasteiger partial charge in [-0.05, 0) is 37.5 Å². The van der Waals surface area contributed by atoms with Gasteiger partial charge < -0.3 is 15.3 Å². The molecule has 0 bridgehead atoms. The number of carbonyl (C=O) groups is 2. The number of aliphatic carboxylic acids is 1. The highest BCUT2D eigenvalue weighted by Gasteiger charge is 2.08. The van der Waals surface area contributed by atoms with Crippen molar-refractivity contribution in [2.75, 3.05) is 20.1 Å². The van der Waals surface area contributed by atoms with Crippen LogP contribution in [-0.4, -0.2) is 52.3 Å². The molecule has 0 saturated heterocycles. The lowest BCUT2D eigenvalue weighted by atomic mass is 10.1. The first-order valence-electron chi connectivity index (χ1n) is 8.96. The molecule has 2 aromatic rings. The molecule has 146 valence electrons. The molecule has 3 N–H and O–H groups in total. The number of aryl methyl sites for hydroxylation is 1. The van der Waals surface area contributed by atoms with Gasteiger partial charge >= 0.3 is 12.0 Å². The lowest BCUT2D eigenvalue weighted by Gasteiger charge is -2.17. The number of unbranched alkanes of at least 4 members (excludes halogenated alkanes) is 2. The normalized spacial score (nSPS) is 10.6. The molecule has 0 atom stereocenters. The fraction of sp³-hybridized carbons (Fsp3) is 0.421. The average molecular weight is 376 g/mol. The Bertz CT molecular complexity index is 763. The largest absolute Gasteiger partial charge is 0.481 e. The molecule has 0 aliphatic carbocycles. The van der Waals surface area contributed by atoms with Crippen LogP contribution in [0.5, 0.6) is 0 Å². The highest BCUT2D eigenvalue weighted by atomic mass is 19.1. The third kappa shape index (κ3) is 7.08. The zero-order valence-corrected chi connectivity index (χ0v) is 15.4. The monoisotopic (exact) mass is 376 g/mol. The fourth-order valence-corrected chi connectivity index (χ4v) is 2.64. The van der Waals surface area contributed by atoms with Crippen LogP contribution in [0.15, 0.2) is 30.3 Å². The van der Waals surface area contributed by atoms with E-state index in [1.807, 2.05) is 12.1 Å². The van der Waals surface area contributed by atoms with E-state index in [9.17, 15) is 14.0 Å². The summed E-state index contributed by atoms with van der Waals surface area (Å²) in [5, 5.41) is 18.3. The molecule has 0 unspecified atom stereocenters. The Labute approximate surface area is 157 Å². The highest BCUT2D eigenvalue weighted by Crippen LogP contribution is 2.19. The first-order chi connectivity index (χ1) is 13.0. The van der Waals surface area contributed by atoms with Crippen molar-refractivity contribution < 1.29 is 19.1 Å². The lowest BCUT2D eigenvalue weighted by molar-refractivity contribution is -0.136. The van der Waals surface area contributed by atoms with E-state index in [2.05, 4.69) is 15.5 Å². The van der Waals surface area contributed by atoms with Crippen molar-refractivity contribution >= 4 is 12.0 Å². The number of nitrogens with zero attached hydrogens (tertiary/aromatic N) is 2. The summed E-state index contributed by atoms with van der Waals surface area (Å²) in [6, 6.07) is 8.01. The third-order valence-electron chi connectivity index (χ3n) is 4.15. The second kappa shape index (κ2) is 10.3. The zero-order valence-electron chi connectivity index (χ0n) is 15.4. The third-order valence-corrected chi connectivity index (χ3v) is 4.15. The second-order valence-corrected chi connectivity index (χ2v) is 6.40. The number of urea groups is 1. The molecule has 0 saturated carbocycles. The standard InChI is InChI=1S/C19H25FN4O3/c1-24(19(27)21-10-9-18(25)26)11-4-2-3-8-16-13-17(23-22-16)14-6-5-7-15(20)12-14/h5-7,12-13H,2-4,8-11H2,1H3,(H,21,27)(H,22,23)(H,25,26). The predicted molar refractivity (Wildman–Crippen MR) is 99.8 cm³/mol. The number of benzene rings is 1. The van der Waals surface area contributed by atoms with Gasteiger partial charge in [0, 0.05) is 31.4 Å². The Balaban J connectivity index is 1.64. The van der Waals surface area contributed by atoms with Gasteiger partial charge in [-0.1, -0.05) is 18.6 Å². The summed E-state index contributed by atoms with van der Waals surface area (Å²) < 4.78 is 13.3. The van der Waals surface area contributed by atoms with Crippen molar-refractivity contribution in [3.05, 3.63) is 41.8 Å². The molecule has 0 fully saturated rings. The minimum absolute atomic E-state index is 0.0820. The minimum atomic E-state index is -0.933. The zero-order chi connectivity index (χ0) is 19.6. The lowest BCUT2D eigenvalue weighted by Crippen LogP contribution is -2.38. The maximum absolute atomic E-state index is 13.3. The summed E-state index contributed by atoms with van der Waals surface area (Å²) in [7, 11) is 1.69. The fourth-order valence-electron chi connectivity index (χ4n) is 2.64. The van der Waals surface area contributed by atoms with Gasteiger partial charge in [0.05, 0.1) is 12.1 Å². The van der Waals surface area contributed by atoms with Crippen LogP contribution >= 0.6 is 0 Å². The Morgan fingerprint density at radius 1 is 1.26 bits per heavy atom. The molecule has 8 heteroatoms. The molecule has 0 aliphatic heterocycles. The van der Waals surface area contributed by atoms with E-state index in [0.717, 1.165) is 42.6 Å². The van der Waals surface area contributed by atoms with Crippen molar-refractivity contribution in [2.24, 2.45) is 0 Å². The summed E-state index contributed by atoms with van der Waals surface area (Å²) in [6.45, 7) is 0.738. The average Bonchev–Trinajstić information content (AvgIpc) is 3.10. The second-order valence-electron chi connectivity index (χ2n) is 6.40. The number of carbonyl (C=O) groups excluding carboxylic acids is 1. The molecule has 2 rings (SSSR count). The number of carboxylic acids is 1. The van der Waals surface area contributed by atoms with Gasteiger partial charge in [0.25, 0.3) is 0 Å². The Kier molecular flexibility index (Phi) is 7.79.